The molecule has 0 N–H and O–H groups in total. The molecule has 9 nitrogen and oxygen atoms in total. The molecule has 0 bridgehead atoms. The van der Waals surface area contributed by atoms with Gasteiger partial charge in [-0.05, 0) is 99.0 Å². The van der Waals surface area contributed by atoms with E-state index in [1.807, 2.05) is 41.5 Å². The maximum atomic E-state index is 12.8. The molecular formula is C27H32BBrF2N2O7. The predicted octanol–water partition coefficient (Wildman–Crippen LogP) is 5.07. The molecule has 216 valence electrons. The fraction of sp³-hybridized carbons (Fsp3) is 0.519. The second-order valence-electron chi connectivity index (χ2n) is 11.2. The van der Waals surface area contributed by atoms with Gasteiger partial charge >= 0.3 is 25.5 Å². The molecule has 0 amide bonds. The predicted molar refractivity (Wildman–Crippen MR) is 148 cm³/mol. The Balaban J connectivity index is 1.38. The van der Waals surface area contributed by atoms with Gasteiger partial charge in [-0.25, -0.2) is 14.3 Å². The molecule has 0 spiro atoms. The first kappa shape index (κ1) is 30.2. The summed E-state index contributed by atoms with van der Waals surface area (Å²) >= 11 is 3.26. The molecule has 2 aromatic heterocycles. The van der Waals surface area contributed by atoms with Crippen LogP contribution in [0.5, 0.6) is 5.75 Å². The zero-order valence-corrected chi connectivity index (χ0v) is 24.8. The fourth-order valence-electron chi connectivity index (χ4n) is 4.85. The van der Waals surface area contributed by atoms with Gasteiger partial charge in [0.15, 0.2) is 11.2 Å². The number of hydrogen-bond acceptors (Lipinski definition) is 8. The normalized spacial score (nSPS) is 19.8. The fourth-order valence-corrected chi connectivity index (χ4v) is 5.15. The second kappa shape index (κ2) is 11.3. The monoisotopic (exact) mass is 624 g/mol. The maximum Gasteiger partial charge on any atom is 0.494 e. The van der Waals surface area contributed by atoms with E-state index in [0.717, 1.165) is 4.57 Å². The lowest BCUT2D eigenvalue weighted by molar-refractivity contribution is -0.158. The zero-order valence-electron chi connectivity index (χ0n) is 23.2. The molecule has 1 aromatic carbocycles. The van der Waals surface area contributed by atoms with Crippen LogP contribution in [0.15, 0.2) is 50.2 Å². The first-order valence-electron chi connectivity index (χ1n) is 12.9. The summed E-state index contributed by atoms with van der Waals surface area (Å²) in [5, 5.41) is 0. The van der Waals surface area contributed by atoms with E-state index < -0.39 is 42.3 Å². The minimum Gasteiger partial charge on any atom is -0.458 e. The number of carbonyl (C=O) groups is 1. The molecule has 0 saturated carbocycles. The van der Waals surface area contributed by atoms with Gasteiger partial charge in [0.2, 0.25) is 0 Å². The average molecular weight is 625 g/mol. The van der Waals surface area contributed by atoms with Gasteiger partial charge in [-0.15, -0.1) is 0 Å². The van der Waals surface area contributed by atoms with Crippen molar-refractivity contribution in [2.75, 3.05) is 0 Å². The Morgan fingerprint density at radius 1 is 1.15 bits per heavy atom. The van der Waals surface area contributed by atoms with Gasteiger partial charge < -0.3 is 23.2 Å². The molecule has 2 atom stereocenters. The molecule has 0 radical (unpaired) electrons. The van der Waals surface area contributed by atoms with Crippen LogP contribution in [0.2, 0.25) is 0 Å². The lowest BCUT2D eigenvalue weighted by Gasteiger charge is -2.42. The molecule has 40 heavy (non-hydrogen) atoms. The number of carbonyl (C=O) groups excluding carboxylic acids is 1. The number of alkyl halides is 2. The maximum absolute atomic E-state index is 12.8. The number of ether oxygens (including phenoxy) is 2. The summed E-state index contributed by atoms with van der Waals surface area (Å²) in [4.78, 5) is 29.3. The zero-order chi connectivity index (χ0) is 29.5. The highest BCUT2D eigenvalue weighted by Crippen LogP contribution is 2.44. The molecule has 1 saturated heterocycles. The standard InChI is InChI=1S/C27H32BBrF2N2O7/c1-16(27(6)26(4,5)39-28(40-27)17-7-9-18(10-8-17)36-23(30)31)13-14-25(2,3)38-21(34)15-33-22-19(37-24(33)35)11-12-20(29)32-22/h7-12,16,23H,13-15H2,1-6H3/t16-,27?/m0/s1. The van der Waals surface area contributed by atoms with Crippen LogP contribution in [-0.4, -0.2) is 46.1 Å². The van der Waals surface area contributed by atoms with Gasteiger partial charge in [-0.1, -0.05) is 19.1 Å². The number of halogens is 3. The molecule has 0 aliphatic carbocycles. The average Bonchev–Trinajstić information content (AvgIpc) is 3.29. The summed E-state index contributed by atoms with van der Waals surface area (Å²) in [7, 11) is -0.689. The number of pyridine rings is 1. The van der Waals surface area contributed by atoms with E-state index in [2.05, 4.69) is 25.7 Å². The molecular weight excluding hydrogens is 593 g/mol. The lowest BCUT2D eigenvalue weighted by atomic mass is 9.74. The van der Waals surface area contributed by atoms with Gasteiger partial charge in [0.25, 0.3) is 0 Å². The minimum atomic E-state index is -2.90. The Morgan fingerprint density at radius 2 is 1.82 bits per heavy atom. The minimum absolute atomic E-state index is 0.0195. The number of oxazole rings is 1. The van der Waals surface area contributed by atoms with Crippen LogP contribution in [0, 0.1) is 5.92 Å². The first-order chi connectivity index (χ1) is 18.6. The van der Waals surface area contributed by atoms with E-state index in [9.17, 15) is 18.4 Å². The number of fused-ring (bicyclic) bond motifs is 1. The summed E-state index contributed by atoms with van der Waals surface area (Å²) in [5.41, 5.74) is -1.01. The first-order valence-corrected chi connectivity index (χ1v) is 13.7. The number of esters is 1. The molecule has 1 unspecified atom stereocenters. The van der Waals surface area contributed by atoms with Gasteiger partial charge in [0.1, 0.15) is 22.5 Å². The molecule has 4 rings (SSSR count). The van der Waals surface area contributed by atoms with Crippen LogP contribution in [0.1, 0.15) is 54.4 Å². The van der Waals surface area contributed by atoms with Gasteiger partial charge in [-0.3, -0.25) is 4.79 Å². The van der Waals surface area contributed by atoms with E-state index in [-0.39, 0.29) is 29.4 Å². The third-order valence-electron chi connectivity index (χ3n) is 7.60. The summed E-state index contributed by atoms with van der Waals surface area (Å²) < 4.78 is 54.7. The van der Waals surface area contributed by atoms with Crippen LogP contribution >= 0.6 is 15.9 Å². The SMILES string of the molecule is C[C@@H](CCC(C)(C)OC(=O)Cn1c(=O)oc2ccc(Br)nc21)C1(C)OB(c2ccc(OC(F)F)cc2)OC1(C)C. The van der Waals surface area contributed by atoms with Crippen LogP contribution in [0.25, 0.3) is 11.2 Å². The van der Waals surface area contributed by atoms with E-state index in [1.165, 1.54) is 12.1 Å². The Kier molecular flexibility index (Phi) is 8.49. The smallest absolute Gasteiger partial charge is 0.458 e. The van der Waals surface area contributed by atoms with Crippen molar-refractivity contribution in [3.05, 3.63) is 51.6 Å². The molecule has 1 aliphatic heterocycles. The summed E-state index contributed by atoms with van der Waals surface area (Å²) in [6.45, 7) is 8.31. The molecule has 1 aliphatic rings. The third kappa shape index (κ3) is 6.41. The van der Waals surface area contributed by atoms with Gasteiger partial charge in [0, 0.05) is 0 Å². The Morgan fingerprint density at radius 3 is 2.48 bits per heavy atom. The Labute approximate surface area is 239 Å². The van der Waals surface area contributed by atoms with Crippen LogP contribution in [-0.2, 0) is 25.4 Å². The Hall–Kier alpha value is -2.77. The van der Waals surface area contributed by atoms with Crippen molar-refractivity contribution >= 4 is 45.7 Å². The molecule has 13 heteroatoms. The van der Waals surface area contributed by atoms with E-state index >= 15 is 0 Å². The highest BCUT2D eigenvalue weighted by molar-refractivity contribution is 9.10. The van der Waals surface area contributed by atoms with Crippen molar-refractivity contribution in [3.8, 4) is 5.75 Å². The van der Waals surface area contributed by atoms with E-state index in [1.54, 1.807) is 24.3 Å². The van der Waals surface area contributed by atoms with E-state index in [0.29, 0.717) is 22.9 Å². The number of aromatic nitrogens is 2. The quantitative estimate of drug-likeness (QED) is 0.175. The molecule has 1 fully saturated rings. The summed E-state index contributed by atoms with van der Waals surface area (Å²) in [5.74, 6) is -1.24. The number of benzene rings is 1. The topological polar surface area (TPSA) is 102 Å². The second-order valence-corrected chi connectivity index (χ2v) is 12.0. The highest BCUT2D eigenvalue weighted by atomic mass is 79.9. The van der Waals surface area contributed by atoms with Crippen molar-refractivity contribution < 1.29 is 36.8 Å². The van der Waals surface area contributed by atoms with Crippen LogP contribution < -0.4 is 16.0 Å². The largest absolute Gasteiger partial charge is 0.494 e. The molecule has 3 aromatic rings. The van der Waals surface area contributed by atoms with Crippen molar-refractivity contribution in [1.82, 2.24) is 9.55 Å². The number of hydrogen-bond donors (Lipinski definition) is 0. The van der Waals surface area contributed by atoms with Gasteiger partial charge in [0.05, 0.1) is 11.2 Å². The van der Waals surface area contributed by atoms with Crippen molar-refractivity contribution in [1.29, 1.82) is 0 Å². The number of nitrogens with zero attached hydrogens (tertiary/aromatic N) is 2. The van der Waals surface area contributed by atoms with Crippen molar-refractivity contribution in [2.24, 2.45) is 5.92 Å². The van der Waals surface area contributed by atoms with Gasteiger partial charge in [-0.2, -0.15) is 8.78 Å². The Bertz CT molecular complexity index is 1430. The van der Waals surface area contributed by atoms with Crippen molar-refractivity contribution in [2.45, 2.75) is 84.3 Å². The summed E-state index contributed by atoms with van der Waals surface area (Å²) in [6, 6.07) is 9.42. The molecule has 3 heterocycles. The lowest BCUT2D eigenvalue weighted by Crippen LogP contribution is -2.50. The third-order valence-corrected chi connectivity index (χ3v) is 8.04. The number of rotatable bonds is 10. The van der Waals surface area contributed by atoms with Crippen molar-refractivity contribution in [3.63, 3.8) is 0 Å². The van der Waals surface area contributed by atoms with Crippen LogP contribution in [0.3, 0.4) is 0 Å². The highest BCUT2D eigenvalue weighted by Gasteiger charge is 2.57. The van der Waals surface area contributed by atoms with E-state index in [4.69, 9.17) is 18.5 Å². The summed E-state index contributed by atoms with van der Waals surface area (Å²) in [6.07, 6.45) is 1.16. The van der Waals surface area contributed by atoms with Crippen LogP contribution in [0.4, 0.5) is 8.78 Å².